The van der Waals surface area contributed by atoms with Gasteiger partial charge in [-0.15, -0.1) is 0 Å². The number of ether oxygens (including phenoxy) is 3. The quantitative estimate of drug-likeness (QED) is 0.0197. The van der Waals surface area contributed by atoms with Crippen molar-refractivity contribution in [2.24, 2.45) is 0 Å². The maximum absolute atomic E-state index is 12.9. The molecule has 0 aromatic carbocycles. The zero-order valence-electron chi connectivity index (χ0n) is 47.0. The van der Waals surface area contributed by atoms with Crippen molar-refractivity contribution in [1.82, 2.24) is 0 Å². The Bertz CT molecular complexity index is 1560. The lowest BCUT2D eigenvalue weighted by atomic mass is 10.1. The average molecular weight is 1060 g/mol. The summed E-state index contributed by atoms with van der Waals surface area (Å²) in [6, 6.07) is 0. The van der Waals surface area contributed by atoms with Crippen LogP contribution >= 0.6 is 7.82 Å². The van der Waals surface area contributed by atoms with Crippen LogP contribution in [0.2, 0.25) is 0 Å². The third-order valence-corrected chi connectivity index (χ3v) is 13.2. The van der Waals surface area contributed by atoms with Gasteiger partial charge in [0.15, 0.2) is 6.10 Å². The monoisotopic (exact) mass is 1060 g/mol. The van der Waals surface area contributed by atoms with E-state index in [0.29, 0.717) is 19.3 Å². The first-order valence-corrected chi connectivity index (χ1v) is 31.0. The summed E-state index contributed by atoms with van der Waals surface area (Å²) in [5.41, 5.74) is 0. The number of carbonyl (C=O) groups excluding carboxylic acids is 3. The molecule has 0 aliphatic heterocycles. The second kappa shape index (κ2) is 55.9. The van der Waals surface area contributed by atoms with Gasteiger partial charge in [0, 0.05) is 19.3 Å². The van der Waals surface area contributed by atoms with Crippen molar-refractivity contribution in [1.29, 1.82) is 0 Å². The summed E-state index contributed by atoms with van der Waals surface area (Å²) in [5, 5.41) is 9.83. The molecular formula is C62H107O11P. The summed E-state index contributed by atoms with van der Waals surface area (Å²) in [4.78, 5) is 48.6. The summed E-state index contributed by atoms with van der Waals surface area (Å²) < 4.78 is 39.5. The molecule has 0 aliphatic carbocycles. The summed E-state index contributed by atoms with van der Waals surface area (Å²) >= 11 is 0. The van der Waals surface area contributed by atoms with Gasteiger partial charge in [-0.2, -0.15) is 0 Å². The lowest BCUT2D eigenvalue weighted by Gasteiger charge is -2.21. The zero-order valence-corrected chi connectivity index (χ0v) is 47.9. The van der Waals surface area contributed by atoms with Crippen LogP contribution in [0.15, 0.2) is 85.1 Å². The Morgan fingerprint density at radius 3 is 1.15 bits per heavy atom. The highest BCUT2D eigenvalue weighted by Crippen LogP contribution is 2.43. The number of aliphatic hydroxyl groups excluding tert-OH is 1. The molecule has 426 valence electrons. The maximum atomic E-state index is 12.9. The molecule has 0 heterocycles. The number of hydrogen-bond donors (Lipinski definition) is 2. The van der Waals surface area contributed by atoms with Crippen LogP contribution in [0.4, 0.5) is 0 Å². The van der Waals surface area contributed by atoms with Crippen LogP contribution in [-0.2, 0) is 42.2 Å². The average Bonchev–Trinajstić information content (AvgIpc) is 3.39. The Morgan fingerprint density at radius 1 is 0.392 bits per heavy atom. The van der Waals surface area contributed by atoms with Gasteiger partial charge in [0.2, 0.25) is 0 Å². The van der Waals surface area contributed by atoms with E-state index in [2.05, 4.69) is 106 Å². The molecule has 0 fully saturated rings. The van der Waals surface area contributed by atoms with Crippen LogP contribution in [0, 0.1) is 0 Å². The van der Waals surface area contributed by atoms with Gasteiger partial charge in [0.1, 0.15) is 12.7 Å². The van der Waals surface area contributed by atoms with Crippen molar-refractivity contribution >= 4 is 25.7 Å². The summed E-state index contributed by atoms with van der Waals surface area (Å²) in [5.74, 6) is -1.51. The SMILES string of the molecule is CC/C=C\C/C=C\C/C=C\C/C=C\CCCCCCC(=O)OC(COC(=O)CCCCCCC/C=C\C/C=C\CCC)COP(=O)(O)OCC(CO)OC(=O)CCCCCCCCC/C=C\CCCCCCCC. The first-order chi connectivity index (χ1) is 36.2. The Kier molecular flexibility index (Phi) is 53.4. The molecule has 0 saturated carbocycles. The fraction of sp³-hybridized carbons (Fsp3) is 0.726. The van der Waals surface area contributed by atoms with Gasteiger partial charge < -0.3 is 24.2 Å². The predicted molar refractivity (Wildman–Crippen MR) is 307 cm³/mol. The van der Waals surface area contributed by atoms with E-state index in [4.69, 9.17) is 23.3 Å². The summed E-state index contributed by atoms with van der Waals surface area (Å²) in [6.45, 7) is 4.42. The Morgan fingerprint density at radius 2 is 0.730 bits per heavy atom. The van der Waals surface area contributed by atoms with Crippen molar-refractivity contribution in [2.75, 3.05) is 26.4 Å². The first kappa shape index (κ1) is 70.7. The number of allylic oxidation sites excluding steroid dienone is 14. The highest BCUT2D eigenvalue weighted by atomic mass is 31.2. The third-order valence-electron chi connectivity index (χ3n) is 12.3. The molecule has 0 saturated heterocycles. The number of rotatable bonds is 54. The minimum atomic E-state index is -4.76. The number of hydrogen-bond acceptors (Lipinski definition) is 10. The van der Waals surface area contributed by atoms with Crippen molar-refractivity contribution in [3.05, 3.63) is 85.1 Å². The van der Waals surface area contributed by atoms with E-state index in [-0.39, 0.29) is 25.9 Å². The number of phosphoric ester groups is 1. The Balaban J connectivity index is 4.74. The largest absolute Gasteiger partial charge is 0.472 e. The normalized spacial score (nSPS) is 14.0. The molecule has 12 heteroatoms. The van der Waals surface area contributed by atoms with E-state index in [0.717, 1.165) is 122 Å². The highest BCUT2D eigenvalue weighted by molar-refractivity contribution is 7.47. The van der Waals surface area contributed by atoms with Crippen LogP contribution in [0.5, 0.6) is 0 Å². The molecule has 2 N–H and O–H groups in total. The predicted octanol–water partition coefficient (Wildman–Crippen LogP) is 17.5. The molecule has 0 bridgehead atoms. The molecule has 0 radical (unpaired) electrons. The van der Waals surface area contributed by atoms with Gasteiger partial charge in [0.05, 0.1) is 19.8 Å². The lowest BCUT2D eigenvalue weighted by molar-refractivity contribution is -0.161. The summed E-state index contributed by atoms with van der Waals surface area (Å²) in [7, 11) is -4.76. The lowest BCUT2D eigenvalue weighted by Crippen LogP contribution is -2.30. The zero-order chi connectivity index (χ0) is 54.1. The second-order valence-corrected chi connectivity index (χ2v) is 20.9. The fourth-order valence-electron chi connectivity index (χ4n) is 7.79. The van der Waals surface area contributed by atoms with Gasteiger partial charge in [-0.25, -0.2) is 4.57 Å². The smallest absolute Gasteiger partial charge is 0.462 e. The molecule has 0 aromatic heterocycles. The molecule has 0 aromatic rings. The summed E-state index contributed by atoms with van der Waals surface area (Å²) in [6.07, 6.45) is 63.9. The molecule has 3 unspecified atom stereocenters. The van der Waals surface area contributed by atoms with E-state index < -0.39 is 57.8 Å². The molecule has 0 amide bonds. The number of esters is 3. The van der Waals surface area contributed by atoms with Gasteiger partial charge in [0.25, 0.3) is 0 Å². The van der Waals surface area contributed by atoms with E-state index in [9.17, 15) is 28.9 Å². The highest BCUT2D eigenvalue weighted by Gasteiger charge is 2.28. The van der Waals surface area contributed by atoms with Gasteiger partial charge in [-0.1, -0.05) is 209 Å². The maximum Gasteiger partial charge on any atom is 0.472 e. The van der Waals surface area contributed by atoms with Gasteiger partial charge >= 0.3 is 25.7 Å². The van der Waals surface area contributed by atoms with Crippen LogP contribution in [0.1, 0.15) is 252 Å². The van der Waals surface area contributed by atoms with Crippen molar-refractivity contribution < 1.29 is 52.2 Å². The second-order valence-electron chi connectivity index (χ2n) is 19.4. The molecule has 0 rings (SSSR count). The number of unbranched alkanes of at least 4 members (excludes halogenated alkanes) is 23. The Hall–Kier alpha value is -3.34. The number of carbonyl (C=O) groups is 3. The minimum absolute atomic E-state index is 0.133. The topological polar surface area (TPSA) is 155 Å². The van der Waals surface area contributed by atoms with E-state index in [1.807, 2.05) is 0 Å². The van der Waals surface area contributed by atoms with E-state index >= 15 is 0 Å². The molecule has 0 spiro atoms. The van der Waals surface area contributed by atoms with Gasteiger partial charge in [-0.05, 0) is 109 Å². The van der Waals surface area contributed by atoms with E-state index in [1.54, 1.807) is 0 Å². The number of aliphatic hydroxyl groups is 1. The van der Waals surface area contributed by atoms with Crippen LogP contribution in [0.25, 0.3) is 0 Å². The van der Waals surface area contributed by atoms with Crippen LogP contribution in [-0.4, -0.2) is 66.5 Å². The fourth-order valence-corrected chi connectivity index (χ4v) is 8.58. The van der Waals surface area contributed by atoms with Gasteiger partial charge in [-0.3, -0.25) is 23.4 Å². The molecule has 11 nitrogen and oxygen atoms in total. The third kappa shape index (κ3) is 53.5. The first-order valence-electron chi connectivity index (χ1n) is 29.5. The molecule has 0 aliphatic rings. The van der Waals surface area contributed by atoms with Crippen LogP contribution in [0.3, 0.4) is 0 Å². The Labute approximate surface area is 451 Å². The molecular weight excluding hydrogens is 952 g/mol. The minimum Gasteiger partial charge on any atom is -0.462 e. The van der Waals surface area contributed by atoms with Crippen molar-refractivity contribution in [3.8, 4) is 0 Å². The van der Waals surface area contributed by atoms with Crippen molar-refractivity contribution in [3.63, 3.8) is 0 Å². The van der Waals surface area contributed by atoms with Crippen LogP contribution < -0.4 is 0 Å². The molecule has 74 heavy (non-hydrogen) atoms. The standard InChI is InChI=1S/C62H107O11P/c1-4-7-10-13-16-19-22-25-27-29-31-34-37-40-43-46-49-52-61(65)72-58(54-63)56-70-74(67,68)71-57-59(55-69-60(64)51-48-45-42-39-36-33-24-21-18-15-12-9-6-3)73-62(66)53-50-47-44-41-38-35-32-30-28-26-23-20-17-14-11-8-5-2/h8,11-12,15,17,20-21,24-28,32,35,58-59,63H,4-7,9-10,13-14,16,18-19,22-23,29-31,33-34,36-57H2,1-3H3,(H,67,68)/b11-8-,15-12-,20-17-,24-21-,27-25-,28-26-,35-32-. The van der Waals surface area contributed by atoms with E-state index in [1.165, 1.54) is 70.6 Å². The number of phosphoric acid groups is 1. The van der Waals surface area contributed by atoms with Crippen molar-refractivity contribution in [2.45, 2.75) is 264 Å². The molecule has 3 atom stereocenters.